The average Bonchev–Trinajstić information content (AvgIpc) is 2.98. The van der Waals surface area contributed by atoms with Crippen LogP contribution in [0.15, 0.2) is 47.6 Å². The van der Waals surface area contributed by atoms with Crippen molar-refractivity contribution >= 4 is 35.1 Å². The van der Waals surface area contributed by atoms with Crippen molar-refractivity contribution in [3.8, 4) is 11.4 Å². The number of halogens is 2. The number of aromatic nitrogens is 2. The second-order valence-electron chi connectivity index (χ2n) is 5.93. The zero-order chi connectivity index (χ0) is 16.7. The van der Waals surface area contributed by atoms with Crippen LogP contribution in [0, 0.1) is 11.7 Å². The minimum absolute atomic E-state index is 0. The normalized spacial score (nSPS) is 17.0. The first-order valence-corrected chi connectivity index (χ1v) is 7.73. The number of hydrogen-bond donors (Lipinski definition) is 2. The van der Waals surface area contributed by atoms with Gasteiger partial charge in [0.05, 0.1) is 22.3 Å². The lowest BCUT2D eigenvalue weighted by Crippen LogP contribution is -2.31. The second-order valence-corrected chi connectivity index (χ2v) is 5.93. The highest BCUT2D eigenvalue weighted by molar-refractivity contribution is 6.07. The number of carbonyl (C=O) groups excluding carboxylic acids is 1. The van der Waals surface area contributed by atoms with E-state index in [1.54, 1.807) is 18.2 Å². The SMILES string of the molecule is CC1CC(=O)NN=C1c1ccc2nc(-c3ccccc3F)[nH]c2c1.Cl. The summed E-state index contributed by atoms with van der Waals surface area (Å²) in [7, 11) is 0. The lowest BCUT2D eigenvalue weighted by atomic mass is 9.94. The van der Waals surface area contributed by atoms with Crippen LogP contribution in [0.5, 0.6) is 0 Å². The minimum Gasteiger partial charge on any atom is -0.338 e. The number of carbonyl (C=O) groups is 1. The van der Waals surface area contributed by atoms with Crippen LogP contribution in [-0.4, -0.2) is 21.6 Å². The summed E-state index contributed by atoms with van der Waals surface area (Å²) in [6.45, 7) is 1.97. The first-order chi connectivity index (χ1) is 11.6. The van der Waals surface area contributed by atoms with Gasteiger partial charge in [0.1, 0.15) is 11.6 Å². The molecule has 1 unspecified atom stereocenters. The molecule has 0 spiro atoms. The summed E-state index contributed by atoms with van der Waals surface area (Å²) in [5.41, 5.74) is 6.26. The molecule has 0 saturated heterocycles. The molecule has 1 aromatic heterocycles. The van der Waals surface area contributed by atoms with E-state index in [0.717, 1.165) is 22.3 Å². The summed E-state index contributed by atoms with van der Waals surface area (Å²) >= 11 is 0. The van der Waals surface area contributed by atoms with Crippen LogP contribution in [0.4, 0.5) is 4.39 Å². The van der Waals surface area contributed by atoms with Crippen molar-refractivity contribution in [2.24, 2.45) is 11.0 Å². The molecule has 0 saturated carbocycles. The Morgan fingerprint density at radius 3 is 2.76 bits per heavy atom. The number of hydrazone groups is 1. The van der Waals surface area contributed by atoms with E-state index < -0.39 is 0 Å². The zero-order valence-electron chi connectivity index (χ0n) is 13.4. The van der Waals surface area contributed by atoms with Crippen molar-refractivity contribution in [1.82, 2.24) is 15.4 Å². The number of nitrogens with zero attached hydrogens (tertiary/aromatic N) is 2. The number of aromatic amines is 1. The Morgan fingerprint density at radius 2 is 2.00 bits per heavy atom. The monoisotopic (exact) mass is 358 g/mol. The fraction of sp³-hybridized carbons (Fsp3) is 0.167. The van der Waals surface area contributed by atoms with Gasteiger partial charge in [0.2, 0.25) is 5.91 Å². The van der Waals surface area contributed by atoms with Crippen LogP contribution in [0.3, 0.4) is 0 Å². The van der Waals surface area contributed by atoms with Gasteiger partial charge in [0.25, 0.3) is 0 Å². The number of H-pyrrole nitrogens is 1. The van der Waals surface area contributed by atoms with Crippen molar-refractivity contribution in [2.45, 2.75) is 13.3 Å². The number of fused-ring (bicyclic) bond motifs is 1. The molecule has 0 radical (unpaired) electrons. The molecular weight excluding hydrogens is 343 g/mol. The molecule has 1 aliphatic heterocycles. The molecule has 5 nitrogen and oxygen atoms in total. The summed E-state index contributed by atoms with van der Waals surface area (Å²) in [5.74, 6) is 0.151. The van der Waals surface area contributed by atoms with Crippen LogP contribution < -0.4 is 5.43 Å². The quantitative estimate of drug-likeness (QED) is 0.734. The highest BCUT2D eigenvalue weighted by Gasteiger charge is 2.22. The molecule has 7 heteroatoms. The van der Waals surface area contributed by atoms with Crippen LogP contribution in [-0.2, 0) is 4.79 Å². The Labute approximate surface area is 149 Å². The summed E-state index contributed by atoms with van der Waals surface area (Å²) in [6, 6.07) is 12.2. The molecule has 2 heterocycles. The van der Waals surface area contributed by atoms with Crippen molar-refractivity contribution in [3.63, 3.8) is 0 Å². The first kappa shape index (κ1) is 17.1. The molecular formula is C18H16ClFN4O. The van der Waals surface area contributed by atoms with Gasteiger partial charge in [-0.25, -0.2) is 14.8 Å². The topological polar surface area (TPSA) is 70.1 Å². The molecule has 2 N–H and O–H groups in total. The molecule has 128 valence electrons. The number of imidazole rings is 1. The third kappa shape index (κ3) is 3.13. The third-order valence-corrected chi connectivity index (χ3v) is 4.17. The van der Waals surface area contributed by atoms with Gasteiger partial charge in [-0.05, 0) is 24.3 Å². The first-order valence-electron chi connectivity index (χ1n) is 7.73. The molecule has 0 aliphatic carbocycles. The van der Waals surface area contributed by atoms with Gasteiger partial charge in [-0.2, -0.15) is 5.10 Å². The minimum atomic E-state index is -0.315. The van der Waals surface area contributed by atoms with Crippen LogP contribution in [0.25, 0.3) is 22.4 Å². The van der Waals surface area contributed by atoms with E-state index in [9.17, 15) is 9.18 Å². The molecule has 2 aromatic carbocycles. The highest BCUT2D eigenvalue weighted by Crippen LogP contribution is 2.25. The van der Waals surface area contributed by atoms with E-state index in [-0.39, 0.29) is 30.0 Å². The Kier molecular flexibility index (Phi) is 4.55. The lowest BCUT2D eigenvalue weighted by molar-refractivity contribution is -0.121. The smallest absolute Gasteiger partial charge is 0.240 e. The Morgan fingerprint density at radius 1 is 1.20 bits per heavy atom. The second kappa shape index (κ2) is 6.64. The lowest BCUT2D eigenvalue weighted by Gasteiger charge is -2.18. The predicted molar refractivity (Wildman–Crippen MR) is 97.2 cm³/mol. The zero-order valence-corrected chi connectivity index (χ0v) is 14.2. The standard InChI is InChI=1S/C18H15FN4O.ClH/c1-10-8-16(24)22-23-17(10)11-6-7-14-15(9-11)21-18(20-14)12-4-2-3-5-13(12)19;/h2-7,9-10H,8H2,1H3,(H,20,21)(H,22,24);1H. The molecule has 25 heavy (non-hydrogen) atoms. The van der Waals surface area contributed by atoms with Gasteiger partial charge in [-0.1, -0.05) is 25.1 Å². The summed E-state index contributed by atoms with van der Waals surface area (Å²) in [6.07, 6.45) is 0.417. The molecule has 0 bridgehead atoms. The van der Waals surface area contributed by atoms with E-state index in [0.29, 0.717) is 17.8 Å². The molecule has 0 fully saturated rings. The van der Waals surface area contributed by atoms with Crippen molar-refractivity contribution in [1.29, 1.82) is 0 Å². The van der Waals surface area contributed by atoms with E-state index in [1.807, 2.05) is 25.1 Å². The molecule has 4 rings (SSSR count). The number of rotatable bonds is 2. The van der Waals surface area contributed by atoms with Gasteiger partial charge in [0.15, 0.2) is 0 Å². The number of nitrogens with one attached hydrogen (secondary N) is 2. The van der Waals surface area contributed by atoms with Gasteiger partial charge in [-0.15, -0.1) is 12.4 Å². The Balaban J connectivity index is 0.00000182. The maximum atomic E-state index is 13.9. The molecule has 1 atom stereocenters. The van der Waals surface area contributed by atoms with Gasteiger partial charge < -0.3 is 4.98 Å². The Hall–Kier alpha value is -2.73. The van der Waals surface area contributed by atoms with E-state index in [4.69, 9.17) is 0 Å². The summed E-state index contributed by atoms with van der Waals surface area (Å²) in [4.78, 5) is 19.0. The van der Waals surface area contributed by atoms with Crippen molar-refractivity contribution in [2.75, 3.05) is 0 Å². The fourth-order valence-corrected chi connectivity index (χ4v) is 2.95. The van der Waals surface area contributed by atoms with Crippen molar-refractivity contribution in [3.05, 3.63) is 53.8 Å². The fourth-order valence-electron chi connectivity index (χ4n) is 2.95. The third-order valence-electron chi connectivity index (χ3n) is 4.17. The maximum absolute atomic E-state index is 13.9. The van der Waals surface area contributed by atoms with Crippen LogP contribution >= 0.6 is 12.4 Å². The molecule has 1 amide bonds. The van der Waals surface area contributed by atoms with Crippen LogP contribution in [0.1, 0.15) is 18.9 Å². The number of amides is 1. The van der Waals surface area contributed by atoms with Gasteiger partial charge in [0, 0.05) is 17.9 Å². The van der Waals surface area contributed by atoms with E-state index >= 15 is 0 Å². The Bertz CT molecular complexity index is 982. The van der Waals surface area contributed by atoms with Gasteiger partial charge in [-0.3, -0.25) is 4.79 Å². The van der Waals surface area contributed by atoms with Gasteiger partial charge >= 0.3 is 0 Å². The van der Waals surface area contributed by atoms with Crippen LogP contribution in [0.2, 0.25) is 0 Å². The predicted octanol–water partition coefficient (Wildman–Crippen LogP) is 3.65. The molecule has 1 aliphatic rings. The number of benzene rings is 2. The molecule has 3 aromatic rings. The maximum Gasteiger partial charge on any atom is 0.240 e. The van der Waals surface area contributed by atoms with E-state index in [1.165, 1.54) is 6.07 Å². The largest absolute Gasteiger partial charge is 0.338 e. The summed E-state index contributed by atoms with van der Waals surface area (Å²) < 4.78 is 13.9. The number of hydrogen-bond acceptors (Lipinski definition) is 3. The highest BCUT2D eigenvalue weighted by atomic mass is 35.5. The average molecular weight is 359 g/mol. The van der Waals surface area contributed by atoms with E-state index in [2.05, 4.69) is 20.5 Å². The summed E-state index contributed by atoms with van der Waals surface area (Å²) in [5, 5.41) is 4.17. The van der Waals surface area contributed by atoms with Crippen molar-refractivity contribution < 1.29 is 9.18 Å².